The average molecular weight is 730 g/mol. The molecule has 0 N–H and O–H groups in total. The predicted octanol–water partition coefficient (Wildman–Crippen LogP) is 6.35. The molecule has 0 saturated carbocycles. The monoisotopic (exact) mass is 729 g/mol. The molecule has 11 nitrogen and oxygen atoms in total. The van der Waals surface area contributed by atoms with Crippen LogP contribution in [0.15, 0.2) is 95.4 Å². The van der Waals surface area contributed by atoms with Gasteiger partial charge in [0.15, 0.2) is 4.90 Å². The van der Waals surface area contributed by atoms with E-state index in [1.807, 2.05) is 28.7 Å². The van der Waals surface area contributed by atoms with E-state index in [2.05, 4.69) is 0 Å². The molecule has 0 amide bonds. The van der Waals surface area contributed by atoms with Crippen LogP contribution >= 0.6 is 22.6 Å². The molecule has 3 aromatic carbocycles. The summed E-state index contributed by atoms with van der Waals surface area (Å²) < 4.78 is 42.4. The summed E-state index contributed by atoms with van der Waals surface area (Å²) in [6.45, 7) is 4.86. The van der Waals surface area contributed by atoms with Gasteiger partial charge in [-0.15, -0.1) is 0 Å². The highest BCUT2D eigenvalue weighted by molar-refractivity contribution is 14.1. The summed E-state index contributed by atoms with van der Waals surface area (Å²) in [6.07, 6.45) is 0.757. The smallest absolute Gasteiger partial charge is 0.419 e. The minimum absolute atomic E-state index is 0.0214. The third-order valence-electron chi connectivity index (χ3n) is 6.87. The Hall–Kier alpha value is -4.08. The Bertz CT molecular complexity index is 1910. The van der Waals surface area contributed by atoms with Crippen molar-refractivity contribution >= 4 is 61.3 Å². The predicted molar refractivity (Wildman–Crippen MR) is 170 cm³/mol. The van der Waals surface area contributed by atoms with Crippen LogP contribution in [-0.4, -0.2) is 46.4 Å². The van der Waals surface area contributed by atoms with Gasteiger partial charge in [0.1, 0.15) is 12.2 Å². The summed E-state index contributed by atoms with van der Waals surface area (Å²) in [5.41, 5.74) is 0.108. The molecular weight excluding hydrogens is 701 g/mol. The van der Waals surface area contributed by atoms with Crippen molar-refractivity contribution in [2.24, 2.45) is 0 Å². The highest BCUT2D eigenvalue weighted by atomic mass is 127. The number of hydrogen-bond donors (Lipinski definition) is 0. The van der Waals surface area contributed by atoms with Crippen LogP contribution in [0.2, 0.25) is 0 Å². The van der Waals surface area contributed by atoms with Crippen molar-refractivity contribution in [3.05, 3.63) is 115 Å². The number of carbonyl (C=O) groups is 2. The van der Waals surface area contributed by atoms with Crippen molar-refractivity contribution in [2.45, 2.75) is 43.9 Å². The Kier molecular flexibility index (Phi) is 8.64. The molecule has 2 heterocycles. The fraction of sp³-hybridized carbons (Fsp3) is 0.226. The normalized spacial score (nSPS) is 15.6. The number of aromatic nitrogens is 1. The van der Waals surface area contributed by atoms with Crippen molar-refractivity contribution in [2.75, 3.05) is 6.54 Å². The largest absolute Gasteiger partial charge is 0.457 e. The molecule has 0 spiro atoms. The van der Waals surface area contributed by atoms with Gasteiger partial charge in [-0.05, 0) is 61.1 Å². The zero-order valence-corrected chi connectivity index (χ0v) is 26.9. The summed E-state index contributed by atoms with van der Waals surface area (Å²) in [5, 5.41) is 12.3. The highest BCUT2D eigenvalue weighted by Crippen LogP contribution is 2.45. The lowest BCUT2D eigenvalue weighted by molar-refractivity contribution is -0.387. The van der Waals surface area contributed by atoms with Crippen LogP contribution in [0, 0.1) is 13.8 Å². The van der Waals surface area contributed by atoms with Crippen molar-refractivity contribution in [1.29, 1.82) is 0 Å². The van der Waals surface area contributed by atoms with E-state index < -0.39 is 49.2 Å². The van der Waals surface area contributed by atoms with Crippen molar-refractivity contribution in [3.8, 4) is 0 Å². The Morgan fingerprint density at radius 2 is 1.64 bits per heavy atom. The molecule has 0 fully saturated rings. The summed E-state index contributed by atoms with van der Waals surface area (Å²) in [5.74, 6) is -0.760. The van der Waals surface area contributed by atoms with Crippen LogP contribution in [0.5, 0.6) is 0 Å². The average Bonchev–Trinajstić information content (AvgIpc) is 3.54. The van der Waals surface area contributed by atoms with Gasteiger partial charge in [0.05, 0.1) is 25.8 Å². The number of nitrogens with zero attached hydrogens (tertiary/aromatic N) is 3. The van der Waals surface area contributed by atoms with Gasteiger partial charge in [-0.2, -0.15) is 4.31 Å². The molecule has 0 radical (unpaired) electrons. The third kappa shape index (κ3) is 5.99. The maximum absolute atomic E-state index is 14.2. The number of esters is 1. The number of hydrogen-bond acceptors (Lipinski definition) is 8. The number of sulfonamides is 1. The van der Waals surface area contributed by atoms with E-state index in [0.717, 1.165) is 22.0 Å². The molecule has 1 aliphatic heterocycles. The van der Waals surface area contributed by atoms with Gasteiger partial charge in [-0.25, -0.2) is 22.6 Å². The molecule has 0 bridgehead atoms. The molecule has 1 unspecified atom stereocenters. The molecule has 5 rings (SSSR count). The van der Waals surface area contributed by atoms with Gasteiger partial charge < -0.3 is 9.47 Å². The molecule has 44 heavy (non-hydrogen) atoms. The van der Waals surface area contributed by atoms with E-state index in [1.165, 1.54) is 22.8 Å². The maximum Gasteiger partial charge on any atom is 0.419 e. The standard InChI is InChI=1S/C31H28IN3O8S/c1-31(2,3)43-30(37)34-23-14-8-7-13-21(23)26(28(34)32)27-22(29(36)42-19-20-11-5-4-6-12-20)17-18-33(27)44(40,41)25-16-10-9-15-24(25)35(38)39/h4-17,27H,18-19H2,1-3H3. The molecule has 228 valence electrons. The maximum atomic E-state index is 14.2. The first-order valence-corrected chi connectivity index (χ1v) is 16.0. The quantitative estimate of drug-likeness (QED) is 0.0929. The molecule has 0 aliphatic carbocycles. The number of ether oxygens (including phenoxy) is 2. The molecule has 0 saturated heterocycles. The summed E-state index contributed by atoms with van der Waals surface area (Å²) in [6, 6.07) is 19.6. The van der Waals surface area contributed by atoms with E-state index in [9.17, 15) is 28.1 Å². The Balaban J connectivity index is 1.68. The second kappa shape index (κ2) is 12.1. The van der Waals surface area contributed by atoms with Gasteiger partial charge in [0, 0.05) is 23.6 Å². The van der Waals surface area contributed by atoms with Crippen molar-refractivity contribution in [1.82, 2.24) is 8.87 Å². The van der Waals surface area contributed by atoms with E-state index >= 15 is 0 Å². The Morgan fingerprint density at radius 1 is 1.00 bits per heavy atom. The van der Waals surface area contributed by atoms with Gasteiger partial charge in [-0.1, -0.05) is 66.7 Å². The molecule has 13 heteroatoms. The van der Waals surface area contributed by atoms with Gasteiger partial charge in [0.25, 0.3) is 15.7 Å². The minimum atomic E-state index is -4.57. The van der Waals surface area contributed by atoms with E-state index in [1.54, 1.807) is 69.3 Å². The number of carbonyl (C=O) groups excluding carboxylic acids is 2. The van der Waals surface area contributed by atoms with Crippen LogP contribution in [0.3, 0.4) is 0 Å². The lowest BCUT2D eigenvalue weighted by atomic mass is 10.00. The molecule has 4 aromatic rings. The second-order valence-corrected chi connectivity index (χ2v) is 13.8. The fourth-order valence-electron chi connectivity index (χ4n) is 5.03. The first-order chi connectivity index (χ1) is 20.8. The number of rotatable bonds is 7. The number of nitro benzene ring substituents is 1. The van der Waals surface area contributed by atoms with Gasteiger partial charge in [-0.3, -0.25) is 10.1 Å². The Morgan fingerprint density at radius 3 is 2.32 bits per heavy atom. The molecule has 1 aromatic heterocycles. The summed E-state index contributed by atoms with van der Waals surface area (Å²) in [4.78, 5) is 37.6. The first kappa shape index (κ1) is 31.3. The third-order valence-corrected chi connectivity index (χ3v) is 9.82. The SMILES string of the molecule is CC(C)(C)OC(=O)n1c(I)c(C2C(C(=O)OCc3ccccc3)=CCN2S(=O)(=O)c2ccccc2[N+](=O)[O-])c2ccccc21. The van der Waals surface area contributed by atoms with Crippen LogP contribution in [0.4, 0.5) is 10.5 Å². The lowest BCUT2D eigenvalue weighted by Crippen LogP contribution is -2.34. The van der Waals surface area contributed by atoms with E-state index in [0.29, 0.717) is 20.2 Å². The fourth-order valence-corrected chi connectivity index (χ4v) is 7.75. The zero-order valence-electron chi connectivity index (χ0n) is 24.0. The molecule has 1 aliphatic rings. The zero-order chi connectivity index (χ0) is 31.8. The van der Waals surface area contributed by atoms with Crippen LogP contribution in [0.1, 0.15) is 37.9 Å². The number of fused-ring (bicyclic) bond motifs is 1. The summed E-state index contributed by atoms with van der Waals surface area (Å²) >= 11 is 1.94. The van der Waals surface area contributed by atoms with E-state index in [-0.39, 0.29) is 18.7 Å². The van der Waals surface area contributed by atoms with Gasteiger partial charge >= 0.3 is 12.1 Å². The molecular formula is C31H28IN3O8S. The topological polar surface area (TPSA) is 138 Å². The van der Waals surface area contributed by atoms with Crippen LogP contribution < -0.4 is 0 Å². The number of benzene rings is 3. The van der Waals surface area contributed by atoms with Gasteiger partial charge in [0.2, 0.25) is 0 Å². The highest BCUT2D eigenvalue weighted by Gasteiger charge is 2.45. The van der Waals surface area contributed by atoms with E-state index in [4.69, 9.17) is 9.47 Å². The van der Waals surface area contributed by atoms with Crippen LogP contribution in [0.25, 0.3) is 10.9 Å². The lowest BCUT2D eigenvalue weighted by Gasteiger charge is -2.26. The molecule has 1 atom stereocenters. The number of nitro groups is 1. The Labute approximate surface area is 267 Å². The number of halogens is 1. The minimum Gasteiger partial charge on any atom is -0.457 e. The van der Waals surface area contributed by atoms with Crippen LogP contribution in [-0.2, 0) is 30.9 Å². The van der Waals surface area contributed by atoms with Crippen molar-refractivity contribution in [3.63, 3.8) is 0 Å². The summed E-state index contributed by atoms with van der Waals surface area (Å²) in [7, 11) is -4.57. The second-order valence-electron chi connectivity index (χ2n) is 11.0. The first-order valence-electron chi connectivity index (χ1n) is 13.5. The number of para-hydroxylation sites is 2. The van der Waals surface area contributed by atoms with Crippen molar-refractivity contribution < 1.29 is 32.4 Å².